The summed E-state index contributed by atoms with van der Waals surface area (Å²) in [4.78, 5) is 12.2. The van der Waals surface area contributed by atoms with E-state index in [1.54, 1.807) is 4.68 Å². The summed E-state index contributed by atoms with van der Waals surface area (Å²) in [7, 11) is 1.91. The summed E-state index contributed by atoms with van der Waals surface area (Å²) in [6, 6.07) is 0. The Morgan fingerprint density at radius 3 is 3.06 bits per heavy atom. The summed E-state index contributed by atoms with van der Waals surface area (Å²) in [5, 5.41) is 10.6. The van der Waals surface area contributed by atoms with Crippen molar-refractivity contribution in [1.29, 1.82) is 0 Å². The topological polar surface area (TPSA) is 59.0 Å². The molecule has 0 radical (unpaired) electrons. The summed E-state index contributed by atoms with van der Waals surface area (Å²) in [5.74, 6) is 1.24. The molecule has 3 rings (SSSR count). The van der Waals surface area contributed by atoms with Crippen LogP contribution in [0.25, 0.3) is 0 Å². The molecule has 2 aliphatic rings. The number of rotatable bonds is 4. The number of aryl methyl sites for hydroxylation is 1. The fourth-order valence-electron chi connectivity index (χ4n) is 2.63. The molecule has 2 fully saturated rings. The van der Waals surface area contributed by atoms with Crippen molar-refractivity contribution in [2.75, 3.05) is 19.6 Å². The zero-order chi connectivity index (χ0) is 12.5. The van der Waals surface area contributed by atoms with Crippen molar-refractivity contribution in [2.45, 2.75) is 18.8 Å². The fourth-order valence-corrected chi connectivity index (χ4v) is 2.63. The van der Waals surface area contributed by atoms with Gasteiger partial charge in [-0.2, -0.15) is 5.10 Å². The molecule has 5 nitrogen and oxygen atoms in total. The molecule has 1 aromatic rings. The molecule has 0 unspecified atom stereocenters. The summed E-state index contributed by atoms with van der Waals surface area (Å²) in [5.41, 5.74) is 1.16. The van der Waals surface area contributed by atoms with Gasteiger partial charge >= 0.3 is 0 Å². The maximum atomic E-state index is 12.2. The SMILES string of the molecule is Cn1cc([C@H]2CNC[C@@H]2C(=O)NCC2CC2)cn1. The fraction of sp³-hybridized carbons (Fsp3) is 0.692. The predicted octanol–water partition coefficient (Wildman–Crippen LogP) is 0.249. The van der Waals surface area contributed by atoms with Crippen LogP contribution in [-0.4, -0.2) is 35.3 Å². The van der Waals surface area contributed by atoms with Crippen LogP contribution in [0, 0.1) is 11.8 Å². The molecule has 1 saturated heterocycles. The van der Waals surface area contributed by atoms with E-state index in [0.717, 1.165) is 31.1 Å². The van der Waals surface area contributed by atoms with Crippen molar-refractivity contribution >= 4 is 5.91 Å². The number of hydrogen-bond acceptors (Lipinski definition) is 3. The molecule has 1 aliphatic heterocycles. The van der Waals surface area contributed by atoms with Crippen molar-refractivity contribution in [3.63, 3.8) is 0 Å². The first-order valence-corrected chi connectivity index (χ1v) is 6.71. The van der Waals surface area contributed by atoms with Crippen LogP contribution in [0.2, 0.25) is 0 Å². The van der Waals surface area contributed by atoms with Gasteiger partial charge in [0.25, 0.3) is 0 Å². The highest BCUT2D eigenvalue weighted by atomic mass is 16.1. The van der Waals surface area contributed by atoms with Gasteiger partial charge in [0.15, 0.2) is 0 Å². The number of nitrogens with zero attached hydrogens (tertiary/aromatic N) is 2. The first kappa shape index (κ1) is 11.7. The second kappa shape index (κ2) is 4.72. The average Bonchev–Trinajstić information content (AvgIpc) is 2.87. The van der Waals surface area contributed by atoms with Crippen LogP contribution in [0.1, 0.15) is 24.3 Å². The van der Waals surface area contributed by atoms with Gasteiger partial charge in [0.2, 0.25) is 5.91 Å². The molecule has 0 bridgehead atoms. The van der Waals surface area contributed by atoms with Crippen molar-refractivity contribution in [1.82, 2.24) is 20.4 Å². The van der Waals surface area contributed by atoms with Crippen LogP contribution in [0.5, 0.6) is 0 Å². The predicted molar refractivity (Wildman–Crippen MR) is 68.0 cm³/mol. The minimum absolute atomic E-state index is 0.0490. The lowest BCUT2D eigenvalue weighted by Gasteiger charge is -2.16. The summed E-state index contributed by atoms with van der Waals surface area (Å²) in [6.45, 7) is 2.50. The Kier molecular flexibility index (Phi) is 3.07. The molecule has 0 aromatic carbocycles. The van der Waals surface area contributed by atoms with Gasteiger partial charge < -0.3 is 10.6 Å². The minimum atomic E-state index is 0.0490. The third-order valence-corrected chi connectivity index (χ3v) is 3.97. The highest BCUT2D eigenvalue weighted by Gasteiger charge is 2.35. The summed E-state index contributed by atoms with van der Waals surface area (Å²) >= 11 is 0. The number of hydrogen-bond donors (Lipinski definition) is 2. The molecular formula is C13H20N4O. The average molecular weight is 248 g/mol. The Bertz CT molecular complexity index is 438. The lowest BCUT2D eigenvalue weighted by Crippen LogP contribution is -2.35. The standard InChI is InChI=1S/C13H20N4O/c1-17-8-10(5-16-17)11-6-14-7-12(11)13(18)15-4-9-2-3-9/h5,8-9,11-12,14H,2-4,6-7H2,1H3,(H,15,18)/t11-,12+/m1/s1. The molecule has 0 spiro atoms. The normalized spacial score (nSPS) is 27.4. The lowest BCUT2D eigenvalue weighted by atomic mass is 9.90. The van der Waals surface area contributed by atoms with Crippen LogP contribution in [0.4, 0.5) is 0 Å². The van der Waals surface area contributed by atoms with Crippen molar-refractivity contribution in [2.24, 2.45) is 18.9 Å². The quantitative estimate of drug-likeness (QED) is 0.803. The van der Waals surface area contributed by atoms with Crippen LogP contribution < -0.4 is 10.6 Å². The number of aromatic nitrogens is 2. The highest BCUT2D eigenvalue weighted by molar-refractivity contribution is 5.80. The Hall–Kier alpha value is -1.36. The van der Waals surface area contributed by atoms with E-state index in [9.17, 15) is 4.79 Å². The van der Waals surface area contributed by atoms with Gasteiger partial charge in [-0.05, 0) is 24.3 Å². The summed E-state index contributed by atoms with van der Waals surface area (Å²) < 4.78 is 1.80. The van der Waals surface area contributed by atoms with Gasteiger partial charge in [0.1, 0.15) is 0 Å². The van der Waals surface area contributed by atoms with E-state index < -0.39 is 0 Å². The third-order valence-electron chi connectivity index (χ3n) is 3.97. The first-order chi connectivity index (χ1) is 8.74. The van der Waals surface area contributed by atoms with E-state index in [2.05, 4.69) is 15.7 Å². The maximum absolute atomic E-state index is 12.2. The monoisotopic (exact) mass is 248 g/mol. The molecule has 2 atom stereocenters. The van der Waals surface area contributed by atoms with Gasteiger partial charge in [-0.25, -0.2) is 0 Å². The second-order valence-corrected chi connectivity index (χ2v) is 5.51. The molecule has 2 N–H and O–H groups in total. The molecule has 1 saturated carbocycles. The first-order valence-electron chi connectivity index (χ1n) is 6.71. The Labute approximate surface area is 107 Å². The summed E-state index contributed by atoms with van der Waals surface area (Å²) in [6.07, 6.45) is 6.43. The minimum Gasteiger partial charge on any atom is -0.356 e. The van der Waals surface area contributed by atoms with Crippen molar-refractivity contribution in [3.8, 4) is 0 Å². The van der Waals surface area contributed by atoms with Crippen molar-refractivity contribution < 1.29 is 4.79 Å². The molecule has 5 heteroatoms. The van der Waals surface area contributed by atoms with E-state index in [-0.39, 0.29) is 17.7 Å². The van der Waals surface area contributed by atoms with E-state index in [1.165, 1.54) is 12.8 Å². The zero-order valence-corrected chi connectivity index (χ0v) is 10.7. The lowest BCUT2D eigenvalue weighted by molar-refractivity contribution is -0.124. The van der Waals surface area contributed by atoms with E-state index in [1.807, 2.05) is 19.4 Å². The van der Waals surface area contributed by atoms with Gasteiger partial charge in [0.05, 0.1) is 12.1 Å². The van der Waals surface area contributed by atoms with Crippen LogP contribution >= 0.6 is 0 Å². The molecule has 1 aromatic heterocycles. The Morgan fingerprint density at radius 2 is 2.39 bits per heavy atom. The third kappa shape index (κ3) is 2.41. The van der Waals surface area contributed by atoms with Crippen LogP contribution in [0.3, 0.4) is 0 Å². The van der Waals surface area contributed by atoms with Crippen LogP contribution in [0.15, 0.2) is 12.4 Å². The van der Waals surface area contributed by atoms with Gasteiger partial charge in [-0.3, -0.25) is 9.48 Å². The zero-order valence-electron chi connectivity index (χ0n) is 10.7. The van der Waals surface area contributed by atoms with E-state index >= 15 is 0 Å². The van der Waals surface area contributed by atoms with E-state index in [0.29, 0.717) is 0 Å². The molecule has 2 heterocycles. The number of carbonyl (C=O) groups is 1. The Balaban J connectivity index is 1.64. The molecule has 98 valence electrons. The smallest absolute Gasteiger partial charge is 0.225 e. The van der Waals surface area contributed by atoms with Gasteiger partial charge in [0, 0.05) is 38.8 Å². The van der Waals surface area contributed by atoms with Gasteiger partial charge in [-0.1, -0.05) is 0 Å². The van der Waals surface area contributed by atoms with Gasteiger partial charge in [-0.15, -0.1) is 0 Å². The molecule has 1 aliphatic carbocycles. The van der Waals surface area contributed by atoms with Crippen LogP contribution in [-0.2, 0) is 11.8 Å². The molecular weight excluding hydrogens is 228 g/mol. The Morgan fingerprint density at radius 1 is 1.56 bits per heavy atom. The largest absolute Gasteiger partial charge is 0.356 e. The van der Waals surface area contributed by atoms with Crippen molar-refractivity contribution in [3.05, 3.63) is 18.0 Å². The number of amides is 1. The van der Waals surface area contributed by atoms with E-state index in [4.69, 9.17) is 0 Å². The number of nitrogens with one attached hydrogen (secondary N) is 2. The maximum Gasteiger partial charge on any atom is 0.225 e. The number of carbonyl (C=O) groups excluding carboxylic acids is 1. The molecule has 18 heavy (non-hydrogen) atoms. The highest BCUT2D eigenvalue weighted by Crippen LogP contribution is 2.30. The molecule has 1 amide bonds. The second-order valence-electron chi connectivity index (χ2n) is 5.51.